The molecule has 0 radical (unpaired) electrons. The summed E-state index contributed by atoms with van der Waals surface area (Å²) >= 11 is 1.82. The van der Waals surface area contributed by atoms with Crippen LogP contribution in [0.25, 0.3) is 0 Å². The van der Waals surface area contributed by atoms with Gasteiger partial charge >= 0.3 is 0 Å². The van der Waals surface area contributed by atoms with Crippen LogP contribution < -0.4 is 10.6 Å². The topological polar surface area (TPSA) is 53.8 Å². The molecule has 0 aliphatic carbocycles. The number of hydrogen-bond acceptors (Lipinski definition) is 4. The van der Waals surface area contributed by atoms with Crippen LogP contribution in [0.4, 0.5) is 0 Å². The highest BCUT2D eigenvalue weighted by Gasteiger charge is 2.23. The molecule has 3 rings (SSSR count). The summed E-state index contributed by atoms with van der Waals surface area (Å²) in [4.78, 5) is 8.63. The van der Waals surface area contributed by atoms with E-state index in [1.54, 1.807) is 0 Å². The van der Waals surface area contributed by atoms with Gasteiger partial charge in [-0.3, -0.25) is 4.90 Å². The number of nitrogens with zero attached hydrogens (tertiary/aromatic N) is 3. The van der Waals surface area contributed by atoms with Crippen molar-refractivity contribution in [3.63, 3.8) is 0 Å². The minimum atomic E-state index is 0. The Hall–Kier alpha value is -1.10. The monoisotopic (exact) mass is 503 g/mol. The largest absolute Gasteiger partial charge is 0.379 e. The Balaban J connectivity index is 0.00000261. The fraction of sp³-hybridized carbons (Fsp3) is 0.526. The number of aromatic nitrogens is 1. The quantitative estimate of drug-likeness (QED) is 0.347. The van der Waals surface area contributed by atoms with E-state index in [1.807, 2.05) is 18.4 Å². The first-order chi connectivity index (χ1) is 12.8. The van der Waals surface area contributed by atoms with Crippen LogP contribution in [0.5, 0.6) is 0 Å². The molecule has 8 heteroatoms. The maximum absolute atomic E-state index is 5.52. The summed E-state index contributed by atoms with van der Waals surface area (Å²) in [6, 6.07) is 6.80. The molecule has 1 fully saturated rings. The molecule has 1 unspecified atom stereocenters. The van der Waals surface area contributed by atoms with E-state index in [2.05, 4.69) is 63.0 Å². The van der Waals surface area contributed by atoms with E-state index in [0.717, 1.165) is 45.4 Å². The number of morpholine rings is 1. The number of halogens is 1. The van der Waals surface area contributed by atoms with Crippen molar-refractivity contribution in [3.05, 3.63) is 46.4 Å². The van der Waals surface area contributed by atoms with E-state index in [9.17, 15) is 0 Å². The summed E-state index contributed by atoms with van der Waals surface area (Å²) in [6.07, 6.45) is 4.16. The number of guanidine groups is 1. The van der Waals surface area contributed by atoms with Gasteiger partial charge in [0.05, 0.1) is 25.8 Å². The van der Waals surface area contributed by atoms with Gasteiger partial charge in [0.1, 0.15) is 0 Å². The first-order valence-electron chi connectivity index (χ1n) is 9.24. The zero-order chi connectivity index (χ0) is 18.2. The molecule has 0 amide bonds. The predicted octanol–water partition coefficient (Wildman–Crippen LogP) is 2.83. The molecule has 6 nitrogen and oxygen atoms in total. The molecule has 2 N–H and O–H groups in total. The van der Waals surface area contributed by atoms with Crippen LogP contribution in [0.2, 0.25) is 0 Å². The van der Waals surface area contributed by atoms with E-state index in [-0.39, 0.29) is 24.0 Å². The van der Waals surface area contributed by atoms with Gasteiger partial charge in [-0.15, -0.1) is 35.3 Å². The van der Waals surface area contributed by atoms with Crippen LogP contribution in [0.3, 0.4) is 0 Å². The molecule has 2 aromatic rings. The lowest BCUT2D eigenvalue weighted by molar-refractivity contribution is 0.0177. The van der Waals surface area contributed by atoms with Gasteiger partial charge < -0.3 is 19.9 Å². The molecule has 0 saturated carbocycles. The lowest BCUT2D eigenvalue weighted by atomic mass is 10.2. The Labute approximate surface area is 183 Å². The number of nitrogens with one attached hydrogen (secondary N) is 2. The second-order valence-corrected chi connectivity index (χ2v) is 7.42. The maximum Gasteiger partial charge on any atom is 0.191 e. The molecule has 3 heterocycles. The molecular formula is C19H30IN5OS. The fourth-order valence-corrected chi connectivity index (χ4v) is 4.00. The SMILES string of the molecule is CCNC(=NCc1ccn(C)c1)NCC(c1cccs1)N1CCOCC1.I. The molecule has 0 bridgehead atoms. The van der Waals surface area contributed by atoms with Crippen LogP contribution in [-0.4, -0.2) is 54.8 Å². The van der Waals surface area contributed by atoms with Crippen LogP contribution in [-0.2, 0) is 18.3 Å². The van der Waals surface area contributed by atoms with Gasteiger partial charge in [0.15, 0.2) is 5.96 Å². The second kappa shape index (κ2) is 11.7. The molecule has 1 aliphatic heterocycles. The smallest absolute Gasteiger partial charge is 0.191 e. The Morgan fingerprint density at radius 1 is 1.30 bits per heavy atom. The van der Waals surface area contributed by atoms with Crippen molar-refractivity contribution >= 4 is 41.3 Å². The van der Waals surface area contributed by atoms with Crippen molar-refractivity contribution < 1.29 is 4.74 Å². The minimum Gasteiger partial charge on any atom is -0.379 e. The van der Waals surface area contributed by atoms with Crippen molar-refractivity contribution in [1.82, 2.24) is 20.1 Å². The van der Waals surface area contributed by atoms with Gasteiger partial charge in [0.2, 0.25) is 0 Å². The van der Waals surface area contributed by atoms with Crippen LogP contribution in [0.15, 0.2) is 41.0 Å². The zero-order valence-electron chi connectivity index (χ0n) is 16.1. The fourth-order valence-electron chi connectivity index (χ4n) is 3.14. The van der Waals surface area contributed by atoms with E-state index in [1.165, 1.54) is 10.4 Å². The number of aryl methyl sites for hydroxylation is 1. The first kappa shape index (κ1) is 22.2. The van der Waals surface area contributed by atoms with E-state index in [0.29, 0.717) is 12.6 Å². The predicted molar refractivity (Wildman–Crippen MR) is 123 cm³/mol. The molecule has 1 saturated heterocycles. The summed E-state index contributed by atoms with van der Waals surface area (Å²) in [5.41, 5.74) is 1.22. The molecule has 1 atom stereocenters. The summed E-state index contributed by atoms with van der Waals surface area (Å²) in [6.45, 7) is 8.02. The summed E-state index contributed by atoms with van der Waals surface area (Å²) in [7, 11) is 2.03. The second-order valence-electron chi connectivity index (χ2n) is 6.44. The Morgan fingerprint density at radius 3 is 2.74 bits per heavy atom. The Morgan fingerprint density at radius 2 is 2.11 bits per heavy atom. The third kappa shape index (κ3) is 6.78. The zero-order valence-corrected chi connectivity index (χ0v) is 19.2. The van der Waals surface area contributed by atoms with Crippen molar-refractivity contribution in [3.8, 4) is 0 Å². The minimum absolute atomic E-state index is 0. The van der Waals surface area contributed by atoms with Crippen molar-refractivity contribution in [2.75, 3.05) is 39.4 Å². The number of hydrogen-bond donors (Lipinski definition) is 2. The van der Waals surface area contributed by atoms with E-state index < -0.39 is 0 Å². The van der Waals surface area contributed by atoms with Crippen LogP contribution in [0, 0.1) is 0 Å². The van der Waals surface area contributed by atoms with Gasteiger partial charge in [-0.05, 0) is 30.0 Å². The third-order valence-corrected chi connectivity index (χ3v) is 5.45. The summed E-state index contributed by atoms with van der Waals surface area (Å²) in [5.74, 6) is 0.867. The molecule has 150 valence electrons. The summed E-state index contributed by atoms with van der Waals surface area (Å²) in [5, 5.41) is 9.05. The molecule has 0 spiro atoms. The van der Waals surface area contributed by atoms with E-state index >= 15 is 0 Å². The number of rotatable bonds is 7. The highest BCUT2D eigenvalue weighted by Crippen LogP contribution is 2.25. The standard InChI is InChI=1S/C19H29N5OS.HI/c1-3-20-19(21-13-16-6-7-23(2)15-16)22-14-17(18-5-4-12-26-18)24-8-10-25-11-9-24;/h4-7,12,15,17H,3,8-11,13-14H2,1-2H3,(H2,20,21,22);1H. The van der Waals surface area contributed by atoms with Crippen molar-refractivity contribution in [2.45, 2.75) is 19.5 Å². The Bertz CT molecular complexity index is 682. The lowest BCUT2D eigenvalue weighted by Crippen LogP contribution is -2.46. The Kier molecular flexibility index (Phi) is 9.60. The average Bonchev–Trinajstić information content (AvgIpc) is 3.33. The van der Waals surface area contributed by atoms with Crippen LogP contribution >= 0.6 is 35.3 Å². The third-order valence-electron chi connectivity index (χ3n) is 4.48. The van der Waals surface area contributed by atoms with Gasteiger partial charge in [0, 0.05) is 50.5 Å². The normalized spacial score (nSPS) is 16.6. The maximum atomic E-state index is 5.52. The average molecular weight is 503 g/mol. The molecule has 2 aromatic heterocycles. The molecule has 0 aromatic carbocycles. The molecular weight excluding hydrogens is 473 g/mol. The lowest BCUT2D eigenvalue weighted by Gasteiger charge is -2.34. The van der Waals surface area contributed by atoms with Crippen molar-refractivity contribution in [1.29, 1.82) is 0 Å². The number of thiophene rings is 1. The van der Waals surface area contributed by atoms with Gasteiger partial charge in [0.25, 0.3) is 0 Å². The van der Waals surface area contributed by atoms with Gasteiger partial charge in [-0.25, -0.2) is 4.99 Å². The first-order valence-corrected chi connectivity index (χ1v) is 10.1. The van der Waals surface area contributed by atoms with Crippen LogP contribution in [0.1, 0.15) is 23.4 Å². The summed E-state index contributed by atoms with van der Waals surface area (Å²) < 4.78 is 7.58. The van der Waals surface area contributed by atoms with Gasteiger partial charge in [-0.1, -0.05) is 6.07 Å². The molecule has 27 heavy (non-hydrogen) atoms. The number of aliphatic imine (C=N–C) groups is 1. The van der Waals surface area contributed by atoms with Crippen molar-refractivity contribution in [2.24, 2.45) is 12.0 Å². The van der Waals surface area contributed by atoms with E-state index in [4.69, 9.17) is 9.73 Å². The highest BCUT2D eigenvalue weighted by molar-refractivity contribution is 14.0. The highest BCUT2D eigenvalue weighted by atomic mass is 127. The van der Waals surface area contributed by atoms with Gasteiger partial charge in [-0.2, -0.15) is 0 Å². The molecule has 1 aliphatic rings. The number of ether oxygens (including phenoxy) is 1.